The Kier molecular flexibility index (Phi) is 5.15. The molecule has 6 nitrogen and oxygen atoms in total. The minimum absolute atomic E-state index is 0.0724. The van der Waals surface area contributed by atoms with Crippen LogP contribution >= 0.6 is 0 Å². The van der Waals surface area contributed by atoms with Gasteiger partial charge in [0.15, 0.2) is 5.58 Å². The fourth-order valence-corrected chi connectivity index (χ4v) is 4.07. The lowest BCUT2D eigenvalue weighted by Crippen LogP contribution is -2.56. The first-order valence-electron chi connectivity index (χ1n) is 9.55. The third-order valence-electron chi connectivity index (χ3n) is 5.72. The molecule has 2 atom stereocenters. The number of hydrogen-bond acceptors (Lipinski definition) is 5. The number of hydrogen-bond donors (Lipinski definition) is 2. The second kappa shape index (κ2) is 7.73. The molecule has 0 bridgehead atoms. The van der Waals surface area contributed by atoms with E-state index in [1.165, 1.54) is 0 Å². The van der Waals surface area contributed by atoms with E-state index in [2.05, 4.69) is 5.16 Å². The van der Waals surface area contributed by atoms with Gasteiger partial charge in [0.2, 0.25) is 5.91 Å². The predicted octanol–water partition coefficient (Wildman–Crippen LogP) is 2.18. The highest BCUT2D eigenvalue weighted by atomic mass is 16.5. The van der Waals surface area contributed by atoms with Crippen molar-refractivity contribution < 1.29 is 19.5 Å². The van der Waals surface area contributed by atoms with Crippen LogP contribution in [0.1, 0.15) is 17.7 Å². The molecule has 0 saturated carbocycles. The van der Waals surface area contributed by atoms with Gasteiger partial charge in [0, 0.05) is 23.9 Å². The van der Waals surface area contributed by atoms with Gasteiger partial charge in [-0.15, -0.1) is 0 Å². The SMILES string of the molecule is O=C(Cc1noc2ccccc12)N1CC[C@@H](O)[C@@](CO)(Cc2ccccc2)C1. The van der Waals surface area contributed by atoms with Gasteiger partial charge >= 0.3 is 0 Å². The molecule has 1 fully saturated rings. The van der Waals surface area contributed by atoms with Gasteiger partial charge in [0.1, 0.15) is 5.69 Å². The molecule has 3 aromatic rings. The van der Waals surface area contributed by atoms with Crippen LogP contribution in [0.15, 0.2) is 59.1 Å². The van der Waals surface area contributed by atoms with Crippen molar-refractivity contribution in [2.75, 3.05) is 19.7 Å². The van der Waals surface area contributed by atoms with Gasteiger partial charge in [-0.1, -0.05) is 47.6 Å². The van der Waals surface area contributed by atoms with Crippen molar-refractivity contribution in [3.63, 3.8) is 0 Å². The Hall–Kier alpha value is -2.70. The second-order valence-electron chi connectivity index (χ2n) is 7.60. The summed E-state index contributed by atoms with van der Waals surface area (Å²) in [6.45, 7) is 0.597. The molecule has 1 aliphatic heterocycles. The Morgan fingerprint density at radius 3 is 2.71 bits per heavy atom. The number of benzene rings is 2. The first-order valence-corrected chi connectivity index (χ1v) is 9.55. The van der Waals surface area contributed by atoms with Crippen molar-refractivity contribution in [1.82, 2.24) is 10.1 Å². The molecule has 0 radical (unpaired) electrons. The van der Waals surface area contributed by atoms with Gasteiger partial charge in [-0.05, 0) is 30.5 Å². The molecule has 2 N–H and O–H groups in total. The van der Waals surface area contributed by atoms with E-state index in [1.54, 1.807) is 4.90 Å². The zero-order chi connectivity index (χ0) is 19.6. The van der Waals surface area contributed by atoms with Crippen molar-refractivity contribution in [2.24, 2.45) is 5.41 Å². The van der Waals surface area contributed by atoms with Gasteiger partial charge in [0.05, 0.1) is 19.1 Å². The molecule has 2 heterocycles. The standard InChI is InChI=1S/C22H24N2O4/c25-15-22(13-16-6-2-1-3-7-16)14-24(11-10-20(22)26)21(27)12-18-17-8-4-5-9-19(17)28-23-18/h1-9,20,25-26H,10-15H2/t20-,22+/m1/s1. The molecule has 1 saturated heterocycles. The molecule has 1 aromatic heterocycles. The van der Waals surface area contributed by atoms with E-state index in [1.807, 2.05) is 54.6 Å². The van der Waals surface area contributed by atoms with E-state index in [0.717, 1.165) is 10.9 Å². The van der Waals surface area contributed by atoms with Gasteiger partial charge < -0.3 is 19.6 Å². The van der Waals surface area contributed by atoms with E-state index in [4.69, 9.17) is 4.52 Å². The van der Waals surface area contributed by atoms with Crippen molar-refractivity contribution in [3.8, 4) is 0 Å². The molecule has 146 valence electrons. The second-order valence-corrected chi connectivity index (χ2v) is 7.60. The van der Waals surface area contributed by atoms with Gasteiger partial charge in [-0.2, -0.15) is 0 Å². The Balaban J connectivity index is 1.52. The topological polar surface area (TPSA) is 86.8 Å². The number of para-hydroxylation sites is 1. The summed E-state index contributed by atoms with van der Waals surface area (Å²) in [4.78, 5) is 14.7. The maximum Gasteiger partial charge on any atom is 0.228 e. The average Bonchev–Trinajstić information content (AvgIpc) is 3.13. The number of likely N-dealkylation sites (tertiary alicyclic amines) is 1. The zero-order valence-electron chi connectivity index (χ0n) is 15.6. The monoisotopic (exact) mass is 380 g/mol. The summed E-state index contributed by atoms with van der Waals surface area (Å²) in [5, 5.41) is 25.7. The molecule has 6 heteroatoms. The first-order chi connectivity index (χ1) is 13.6. The van der Waals surface area contributed by atoms with E-state index in [9.17, 15) is 15.0 Å². The van der Waals surface area contributed by atoms with Crippen LogP contribution in [0.25, 0.3) is 11.0 Å². The molecule has 0 unspecified atom stereocenters. The number of aliphatic hydroxyl groups excluding tert-OH is 2. The smallest absolute Gasteiger partial charge is 0.228 e. The highest BCUT2D eigenvalue weighted by Crippen LogP contribution is 2.34. The van der Waals surface area contributed by atoms with Crippen LogP contribution in [-0.4, -0.2) is 52.0 Å². The summed E-state index contributed by atoms with van der Waals surface area (Å²) in [7, 11) is 0. The number of carbonyl (C=O) groups excluding carboxylic acids is 1. The van der Waals surface area contributed by atoms with Crippen molar-refractivity contribution in [2.45, 2.75) is 25.4 Å². The highest BCUT2D eigenvalue weighted by molar-refractivity contribution is 5.86. The molecule has 4 rings (SSSR count). The Labute approximate surface area is 163 Å². The molecule has 28 heavy (non-hydrogen) atoms. The van der Waals surface area contributed by atoms with Crippen LogP contribution in [0.2, 0.25) is 0 Å². The number of amides is 1. The maximum absolute atomic E-state index is 13.0. The highest BCUT2D eigenvalue weighted by Gasteiger charge is 2.43. The summed E-state index contributed by atoms with van der Waals surface area (Å²) in [6, 6.07) is 17.2. The third kappa shape index (κ3) is 3.53. The molecule has 1 aliphatic rings. The molecule has 1 amide bonds. The third-order valence-corrected chi connectivity index (χ3v) is 5.72. The zero-order valence-corrected chi connectivity index (χ0v) is 15.6. The van der Waals surface area contributed by atoms with Crippen LogP contribution in [0, 0.1) is 5.41 Å². The number of rotatable bonds is 5. The summed E-state index contributed by atoms with van der Waals surface area (Å²) in [5.41, 5.74) is 1.55. The fourth-order valence-electron chi connectivity index (χ4n) is 4.07. The number of aromatic nitrogens is 1. The van der Waals surface area contributed by atoms with Gasteiger partial charge in [0.25, 0.3) is 0 Å². The summed E-state index contributed by atoms with van der Waals surface area (Å²) >= 11 is 0. The number of carbonyl (C=O) groups is 1. The number of fused-ring (bicyclic) bond motifs is 1. The maximum atomic E-state index is 13.0. The number of aliphatic hydroxyl groups is 2. The number of nitrogens with zero attached hydrogens (tertiary/aromatic N) is 2. The van der Waals surface area contributed by atoms with E-state index < -0.39 is 11.5 Å². The predicted molar refractivity (Wildman–Crippen MR) is 105 cm³/mol. The van der Waals surface area contributed by atoms with Crippen molar-refractivity contribution in [1.29, 1.82) is 0 Å². The number of piperidine rings is 1. The molecular formula is C22H24N2O4. The van der Waals surface area contributed by atoms with E-state index in [-0.39, 0.29) is 18.9 Å². The fraction of sp³-hybridized carbons (Fsp3) is 0.364. The van der Waals surface area contributed by atoms with Gasteiger partial charge in [-0.25, -0.2) is 0 Å². The lowest BCUT2D eigenvalue weighted by atomic mass is 9.73. The summed E-state index contributed by atoms with van der Waals surface area (Å²) in [5.74, 6) is -0.0724. The molecule has 0 aliphatic carbocycles. The molecular weight excluding hydrogens is 356 g/mol. The Morgan fingerprint density at radius 2 is 1.93 bits per heavy atom. The quantitative estimate of drug-likeness (QED) is 0.709. The van der Waals surface area contributed by atoms with Crippen molar-refractivity contribution in [3.05, 3.63) is 65.9 Å². The Bertz CT molecular complexity index is 955. The summed E-state index contributed by atoms with van der Waals surface area (Å²) in [6.07, 6.45) is 0.440. The van der Waals surface area contributed by atoms with E-state index >= 15 is 0 Å². The molecule has 0 spiro atoms. The van der Waals surface area contributed by atoms with E-state index in [0.29, 0.717) is 37.2 Å². The Morgan fingerprint density at radius 1 is 1.18 bits per heavy atom. The van der Waals surface area contributed by atoms with Crippen LogP contribution < -0.4 is 0 Å². The van der Waals surface area contributed by atoms with Crippen LogP contribution in [0.5, 0.6) is 0 Å². The molecule has 2 aromatic carbocycles. The largest absolute Gasteiger partial charge is 0.396 e. The first kappa shape index (κ1) is 18.7. The summed E-state index contributed by atoms with van der Waals surface area (Å²) < 4.78 is 5.29. The van der Waals surface area contributed by atoms with Crippen LogP contribution in [0.4, 0.5) is 0 Å². The minimum atomic E-state index is -0.763. The van der Waals surface area contributed by atoms with Crippen LogP contribution in [0.3, 0.4) is 0 Å². The van der Waals surface area contributed by atoms with Crippen LogP contribution in [-0.2, 0) is 17.6 Å². The van der Waals surface area contributed by atoms with Gasteiger partial charge in [-0.3, -0.25) is 4.79 Å². The minimum Gasteiger partial charge on any atom is -0.396 e. The average molecular weight is 380 g/mol. The normalized spacial score (nSPS) is 22.5. The lowest BCUT2D eigenvalue weighted by Gasteiger charge is -2.45. The lowest BCUT2D eigenvalue weighted by molar-refractivity contribution is -0.141. The van der Waals surface area contributed by atoms with Crippen molar-refractivity contribution >= 4 is 16.9 Å².